The number of hydrogen-bond acceptors (Lipinski definition) is 1. The zero-order valence-corrected chi connectivity index (χ0v) is 7.25. The summed E-state index contributed by atoms with van der Waals surface area (Å²) in [6.07, 6.45) is 4.40. The monoisotopic (exact) mass is 159 g/mol. The third-order valence-electron chi connectivity index (χ3n) is 2.31. The third kappa shape index (κ3) is 1.28. The fourth-order valence-electron chi connectivity index (χ4n) is 1.62. The van der Waals surface area contributed by atoms with Crippen LogP contribution in [0.3, 0.4) is 0 Å². The van der Waals surface area contributed by atoms with E-state index >= 15 is 0 Å². The van der Waals surface area contributed by atoms with Gasteiger partial charge in [-0.2, -0.15) is 0 Å². The van der Waals surface area contributed by atoms with Crippen molar-refractivity contribution in [2.45, 2.75) is 13.0 Å². The fourth-order valence-corrected chi connectivity index (χ4v) is 1.62. The van der Waals surface area contributed by atoms with Gasteiger partial charge in [0.15, 0.2) is 0 Å². The maximum absolute atomic E-state index is 3.40. The van der Waals surface area contributed by atoms with Crippen molar-refractivity contribution >= 4 is 0 Å². The van der Waals surface area contributed by atoms with Crippen LogP contribution in [0.15, 0.2) is 36.4 Å². The molecular weight excluding hydrogens is 146 g/mol. The molecule has 62 valence electrons. The van der Waals surface area contributed by atoms with Crippen LogP contribution < -0.4 is 5.32 Å². The Morgan fingerprint density at radius 2 is 2.17 bits per heavy atom. The molecule has 1 nitrogen and oxygen atoms in total. The van der Waals surface area contributed by atoms with Gasteiger partial charge >= 0.3 is 0 Å². The van der Waals surface area contributed by atoms with Crippen molar-refractivity contribution in [2.24, 2.45) is 0 Å². The molecule has 1 atom stereocenters. The Bertz CT molecular complexity index is 302. The van der Waals surface area contributed by atoms with Gasteiger partial charge in [-0.1, -0.05) is 36.4 Å². The molecule has 1 unspecified atom stereocenters. The zero-order chi connectivity index (χ0) is 8.39. The van der Waals surface area contributed by atoms with E-state index < -0.39 is 0 Å². The molecule has 0 aliphatic carbocycles. The van der Waals surface area contributed by atoms with Crippen LogP contribution in [0.25, 0.3) is 0 Å². The molecule has 0 saturated carbocycles. The van der Waals surface area contributed by atoms with Crippen LogP contribution >= 0.6 is 0 Å². The van der Waals surface area contributed by atoms with Gasteiger partial charge in [-0.25, -0.2) is 0 Å². The number of rotatable bonds is 1. The Labute approximate surface area is 73.1 Å². The highest BCUT2D eigenvalue weighted by molar-refractivity contribution is 5.32. The number of hydrogen-bond donors (Lipinski definition) is 1. The second-order valence-electron chi connectivity index (χ2n) is 3.17. The molecular formula is C11H13N. The highest BCUT2D eigenvalue weighted by atomic mass is 14.9. The summed E-state index contributed by atoms with van der Waals surface area (Å²) in [6.45, 7) is 3.15. The Hall–Kier alpha value is -1.08. The van der Waals surface area contributed by atoms with Crippen LogP contribution in [0.4, 0.5) is 0 Å². The maximum Gasteiger partial charge on any atom is 0.0511 e. The molecule has 1 heterocycles. The topological polar surface area (TPSA) is 12.0 Å². The summed E-state index contributed by atoms with van der Waals surface area (Å²) in [4.78, 5) is 0. The van der Waals surface area contributed by atoms with Crippen molar-refractivity contribution in [1.29, 1.82) is 0 Å². The molecule has 0 spiro atoms. The van der Waals surface area contributed by atoms with Gasteiger partial charge in [-0.05, 0) is 18.1 Å². The Morgan fingerprint density at radius 1 is 1.33 bits per heavy atom. The molecule has 1 N–H and O–H groups in total. The van der Waals surface area contributed by atoms with Gasteiger partial charge < -0.3 is 5.32 Å². The van der Waals surface area contributed by atoms with Gasteiger partial charge in [0.2, 0.25) is 0 Å². The Kier molecular flexibility index (Phi) is 1.96. The lowest BCUT2D eigenvalue weighted by atomic mass is 10.0. The largest absolute Gasteiger partial charge is 0.303 e. The molecule has 1 heteroatoms. The van der Waals surface area contributed by atoms with Gasteiger partial charge in [0.25, 0.3) is 0 Å². The van der Waals surface area contributed by atoms with Gasteiger partial charge in [0.05, 0.1) is 6.04 Å². The molecule has 0 aromatic heterocycles. The molecule has 1 aliphatic heterocycles. The van der Waals surface area contributed by atoms with E-state index in [1.54, 1.807) is 0 Å². The average molecular weight is 159 g/mol. The van der Waals surface area contributed by atoms with Gasteiger partial charge in [-0.15, -0.1) is 0 Å². The second-order valence-corrected chi connectivity index (χ2v) is 3.17. The Morgan fingerprint density at radius 3 is 2.83 bits per heavy atom. The molecule has 12 heavy (non-hydrogen) atoms. The fraction of sp³-hybridized carbons (Fsp3) is 0.273. The van der Waals surface area contributed by atoms with Crippen molar-refractivity contribution < 1.29 is 0 Å². The van der Waals surface area contributed by atoms with Crippen molar-refractivity contribution in [3.63, 3.8) is 0 Å². The summed E-state index contributed by atoms with van der Waals surface area (Å²) < 4.78 is 0. The molecule has 1 aromatic rings. The van der Waals surface area contributed by atoms with Crippen LogP contribution in [0.5, 0.6) is 0 Å². The summed E-state index contributed by atoms with van der Waals surface area (Å²) in [6, 6.07) is 8.95. The molecule has 1 aromatic carbocycles. The van der Waals surface area contributed by atoms with E-state index in [2.05, 4.69) is 48.7 Å². The van der Waals surface area contributed by atoms with Crippen LogP contribution in [-0.2, 0) is 0 Å². The summed E-state index contributed by atoms with van der Waals surface area (Å²) in [5, 5.41) is 3.40. The number of nitrogens with one attached hydrogen (secondary N) is 1. The van der Waals surface area contributed by atoms with E-state index in [-0.39, 0.29) is 0 Å². The zero-order valence-electron chi connectivity index (χ0n) is 7.25. The molecule has 0 saturated heterocycles. The first kappa shape index (κ1) is 7.56. The SMILES string of the molecule is Cc1ccccc1C1C=CCN1. The number of aryl methyl sites for hydroxylation is 1. The molecule has 0 amide bonds. The standard InChI is InChI=1S/C11H13N/c1-9-5-2-3-6-10(9)11-7-4-8-12-11/h2-7,11-12H,8H2,1H3. The minimum absolute atomic E-state index is 0.436. The molecule has 2 rings (SSSR count). The number of benzene rings is 1. The third-order valence-corrected chi connectivity index (χ3v) is 2.31. The maximum atomic E-state index is 3.40. The predicted octanol–water partition coefficient (Wildman–Crippen LogP) is 2.20. The minimum atomic E-state index is 0.436. The van der Waals surface area contributed by atoms with Crippen molar-refractivity contribution in [2.75, 3.05) is 6.54 Å². The smallest absolute Gasteiger partial charge is 0.0511 e. The van der Waals surface area contributed by atoms with Crippen LogP contribution in [-0.4, -0.2) is 6.54 Å². The van der Waals surface area contributed by atoms with Gasteiger partial charge in [0.1, 0.15) is 0 Å². The van der Waals surface area contributed by atoms with E-state index in [4.69, 9.17) is 0 Å². The summed E-state index contributed by atoms with van der Waals surface area (Å²) in [5.41, 5.74) is 2.76. The highest BCUT2D eigenvalue weighted by Gasteiger charge is 2.11. The summed E-state index contributed by atoms with van der Waals surface area (Å²) in [5.74, 6) is 0. The normalized spacial score (nSPS) is 21.6. The average Bonchev–Trinajstić information content (AvgIpc) is 2.57. The van der Waals surface area contributed by atoms with Gasteiger partial charge in [0, 0.05) is 6.54 Å². The summed E-state index contributed by atoms with van der Waals surface area (Å²) in [7, 11) is 0. The van der Waals surface area contributed by atoms with E-state index in [1.807, 2.05) is 0 Å². The van der Waals surface area contributed by atoms with Gasteiger partial charge in [-0.3, -0.25) is 0 Å². The van der Waals surface area contributed by atoms with E-state index in [1.165, 1.54) is 11.1 Å². The lowest BCUT2D eigenvalue weighted by Gasteiger charge is -2.11. The minimum Gasteiger partial charge on any atom is -0.303 e. The quantitative estimate of drug-likeness (QED) is 0.619. The van der Waals surface area contributed by atoms with Crippen molar-refractivity contribution in [3.05, 3.63) is 47.5 Å². The highest BCUT2D eigenvalue weighted by Crippen LogP contribution is 2.20. The molecule has 0 bridgehead atoms. The van der Waals surface area contributed by atoms with Crippen molar-refractivity contribution in [3.8, 4) is 0 Å². The van der Waals surface area contributed by atoms with E-state index in [0.29, 0.717) is 6.04 Å². The first-order valence-corrected chi connectivity index (χ1v) is 4.33. The van der Waals surface area contributed by atoms with Crippen LogP contribution in [0.2, 0.25) is 0 Å². The lowest BCUT2D eigenvalue weighted by molar-refractivity contribution is 0.709. The van der Waals surface area contributed by atoms with Crippen LogP contribution in [0, 0.1) is 6.92 Å². The molecule has 1 aliphatic rings. The van der Waals surface area contributed by atoms with E-state index in [0.717, 1.165) is 6.54 Å². The van der Waals surface area contributed by atoms with Crippen LogP contribution in [0.1, 0.15) is 17.2 Å². The summed E-state index contributed by atoms with van der Waals surface area (Å²) >= 11 is 0. The molecule has 0 fully saturated rings. The van der Waals surface area contributed by atoms with Crippen molar-refractivity contribution in [1.82, 2.24) is 5.32 Å². The molecule has 0 radical (unpaired) electrons. The first-order valence-electron chi connectivity index (χ1n) is 4.33. The first-order chi connectivity index (χ1) is 5.88. The Balaban J connectivity index is 2.33. The van der Waals surface area contributed by atoms with E-state index in [9.17, 15) is 0 Å². The predicted molar refractivity (Wildman–Crippen MR) is 51.1 cm³/mol. The second kappa shape index (κ2) is 3.11. The lowest BCUT2D eigenvalue weighted by Crippen LogP contribution is -2.14.